The van der Waals surface area contributed by atoms with Gasteiger partial charge in [0.15, 0.2) is 0 Å². The molecule has 0 spiro atoms. The molecule has 0 aromatic heterocycles. The molecule has 1 aliphatic rings. The topological polar surface area (TPSA) is 86.7 Å². The largest absolute Gasteiger partial charge is 0.328 e. The van der Waals surface area contributed by atoms with Gasteiger partial charge in [-0.25, -0.2) is 5.48 Å². The molecule has 0 bridgehead atoms. The summed E-state index contributed by atoms with van der Waals surface area (Å²) in [4.78, 5) is 37.7. The molecule has 2 N–H and O–H groups in total. The number of carbonyl (C=O) groups is 3. The van der Waals surface area contributed by atoms with Crippen LogP contribution in [0.15, 0.2) is 24.3 Å². The maximum absolute atomic E-state index is 13.0. The van der Waals surface area contributed by atoms with Crippen LogP contribution in [0.1, 0.15) is 50.2 Å². The molecule has 2 amide bonds. The van der Waals surface area contributed by atoms with Crippen LogP contribution in [0, 0.1) is 5.92 Å². The van der Waals surface area contributed by atoms with Gasteiger partial charge in [0, 0.05) is 25.3 Å². The molecule has 1 heterocycles. The molecular weight excluding hydrogens is 320 g/mol. The summed E-state index contributed by atoms with van der Waals surface area (Å²) in [7, 11) is 0. The van der Waals surface area contributed by atoms with Crippen LogP contribution in [-0.2, 0) is 27.3 Å². The van der Waals surface area contributed by atoms with Gasteiger partial charge in [-0.2, -0.15) is 0 Å². The Morgan fingerprint density at radius 2 is 2.04 bits per heavy atom. The highest BCUT2D eigenvalue weighted by Gasteiger charge is 2.34. The van der Waals surface area contributed by atoms with Crippen LogP contribution in [0.5, 0.6) is 0 Å². The Labute approximate surface area is 148 Å². The van der Waals surface area contributed by atoms with E-state index in [0.717, 1.165) is 36.7 Å². The van der Waals surface area contributed by atoms with Crippen molar-refractivity contribution >= 4 is 18.1 Å². The number of rotatable bonds is 8. The Morgan fingerprint density at radius 3 is 2.68 bits per heavy atom. The third kappa shape index (κ3) is 4.89. The minimum absolute atomic E-state index is 0.0667. The molecule has 25 heavy (non-hydrogen) atoms. The number of hydrogen-bond acceptors (Lipinski definition) is 4. The maximum atomic E-state index is 13.0. The standard InChI is InChI=1S/C19H26N2O4/c1-2-3-4-8-15(11-18(23)20-25)19(24)21-12-16-9-6-5-7-14(16)10-17(21)13-22/h5-7,9,13,15,17,25H,2-4,8,10-12H2,1H3,(H,20,23). The van der Waals surface area contributed by atoms with E-state index in [0.29, 0.717) is 19.4 Å². The first-order valence-electron chi connectivity index (χ1n) is 8.86. The summed E-state index contributed by atoms with van der Waals surface area (Å²) < 4.78 is 0. The molecule has 1 aromatic carbocycles. The molecule has 136 valence electrons. The summed E-state index contributed by atoms with van der Waals surface area (Å²) in [5.74, 6) is -1.28. The first-order chi connectivity index (χ1) is 12.1. The number of carbonyl (C=O) groups excluding carboxylic acids is 3. The van der Waals surface area contributed by atoms with Crippen LogP contribution >= 0.6 is 0 Å². The summed E-state index contributed by atoms with van der Waals surface area (Å²) in [6, 6.07) is 7.28. The fourth-order valence-corrected chi connectivity index (χ4v) is 3.37. The zero-order valence-corrected chi connectivity index (χ0v) is 14.6. The summed E-state index contributed by atoms with van der Waals surface area (Å²) in [5.41, 5.74) is 3.72. The smallest absolute Gasteiger partial charge is 0.244 e. The van der Waals surface area contributed by atoms with Crippen molar-refractivity contribution in [3.63, 3.8) is 0 Å². The number of fused-ring (bicyclic) bond motifs is 1. The highest BCUT2D eigenvalue weighted by atomic mass is 16.5. The highest BCUT2D eigenvalue weighted by Crippen LogP contribution is 2.26. The Hall–Kier alpha value is -2.21. The quantitative estimate of drug-likeness (QED) is 0.327. The first-order valence-corrected chi connectivity index (χ1v) is 8.86. The van der Waals surface area contributed by atoms with Crippen LogP contribution in [0.4, 0.5) is 0 Å². The monoisotopic (exact) mass is 346 g/mol. The lowest BCUT2D eigenvalue weighted by atomic mass is 9.90. The van der Waals surface area contributed by atoms with Crippen molar-refractivity contribution in [2.45, 2.75) is 58.0 Å². The lowest BCUT2D eigenvalue weighted by Gasteiger charge is -2.36. The minimum Gasteiger partial charge on any atom is -0.328 e. The van der Waals surface area contributed by atoms with Gasteiger partial charge >= 0.3 is 0 Å². The first kappa shape index (κ1) is 19.1. The molecule has 0 saturated heterocycles. The fraction of sp³-hybridized carbons (Fsp3) is 0.526. The number of hydroxylamine groups is 1. The number of nitrogens with zero attached hydrogens (tertiary/aromatic N) is 1. The molecule has 0 radical (unpaired) electrons. The van der Waals surface area contributed by atoms with Crippen LogP contribution in [0.2, 0.25) is 0 Å². The molecular formula is C19H26N2O4. The number of amides is 2. The Balaban J connectivity index is 2.17. The third-order valence-electron chi connectivity index (χ3n) is 4.79. The van der Waals surface area contributed by atoms with Gasteiger partial charge in [0.2, 0.25) is 11.8 Å². The molecule has 6 heteroatoms. The van der Waals surface area contributed by atoms with E-state index in [2.05, 4.69) is 6.92 Å². The number of nitrogens with one attached hydrogen (secondary N) is 1. The molecule has 2 atom stereocenters. The summed E-state index contributed by atoms with van der Waals surface area (Å²) in [6.07, 6.45) is 4.64. The minimum atomic E-state index is -0.574. The summed E-state index contributed by atoms with van der Waals surface area (Å²) in [6.45, 7) is 2.45. The van der Waals surface area contributed by atoms with E-state index in [1.165, 1.54) is 0 Å². The Bertz CT molecular complexity index is 617. The van der Waals surface area contributed by atoms with E-state index < -0.39 is 17.9 Å². The van der Waals surface area contributed by atoms with Gasteiger partial charge in [-0.15, -0.1) is 0 Å². The Morgan fingerprint density at radius 1 is 1.32 bits per heavy atom. The van der Waals surface area contributed by atoms with Crippen LogP contribution in [0.3, 0.4) is 0 Å². The van der Waals surface area contributed by atoms with Gasteiger partial charge in [0.05, 0.1) is 6.04 Å². The number of aldehydes is 1. The van der Waals surface area contributed by atoms with Crippen LogP contribution < -0.4 is 5.48 Å². The van der Waals surface area contributed by atoms with Crippen molar-refractivity contribution in [1.82, 2.24) is 10.4 Å². The van der Waals surface area contributed by atoms with Gasteiger partial charge in [0.25, 0.3) is 0 Å². The SMILES string of the molecule is CCCCCC(CC(=O)NO)C(=O)N1Cc2ccccc2CC1C=O. The van der Waals surface area contributed by atoms with Crippen molar-refractivity contribution in [1.29, 1.82) is 0 Å². The molecule has 6 nitrogen and oxygen atoms in total. The van der Waals surface area contributed by atoms with Gasteiger partial charge in [-0.05, 0) is 17.5 Å². The molecule has 0 fully saturated rings. The number of hydrogen-bond donors (Lipinski definition) is 2. The second-order valence-electron chi connectivity index (χ2n) is 6.57. The second kappa shape index (κ2) is 9.32. The number of benzene rings is 1. The molecule has 0 aliphatic carbocycles. The van der Waals surface area contributed by atoms with Gasteiger partial charge < -0.3 is 9.69 Å². The Kier molecular flexibility index (Phi) is 7.13. The lowest BCUT2D eigenvalue weighted by Crippen LogP contribution is -2.48. The molecule has 0 saturated carbocycles. The van der Waals surface area contributed by atoms with Crippen LogP contribution in [-0.4, -0.2) is 34.2 Å². The van der Waals surface area contributed by atoms with Crippen molar-refractivity contribution in [2.24, 2.45) is 5.92 Å². The predicted octanol–water partition coefficient (Wildman–Crippen LogP) is 2.23. The molecule has 1 aliphatic heterocycles. The van der Waals surface area contributed by atoms with Crippen LogP contribution in [0.25, 0.3) is 0 Å². The summed E-state index contributed by atoms with van der Waals surface area (Å²) in [5, 5.41) is 8.80. The van der Waals surface area contributed by atoms with E-state index in [-0.39, 0.29) is 12.3 Å². The fourth-order valence-electron chi connectivity index (χ4n) is 3.37. The molecule has 1 aromatic rings. The predicted molar refractivity (Wildman–Crippen MR) is 92.7 cm³/mol. The van der Waals surface area contributed by atoms with Crippen molar-refractivity contribution in [3.05, 3.63) is 35.4 Å². The third-order valence-corrected chi connectivity index (χ3v) is 4.79. The van der Waals surface area contributed by atoms with Crippen molar-refractivity contribution < 1.29 is 19.6 Å². The average molecular weight is 346 g/mol. The van der Waals surface area contributed by atoms with Gasteiger partial charge in [-0.1, -0.05) is 50.5 Å². The lowest BCUT2D eigenvalue weighted by molar-refractivity contribution is -0.145. The normalized spacial score (nSPS) is 17.5. The maximum Gasteiger partial charge on any atom is 0.244 e. The van der Waals surface area contributed by atoms with Gasteiger partial charge in [0.1, 0.15) is 6.29 Å². The van der Waals surface area contributed by atoms with Crippen molar-refractivity contribution in [3.8, 4) is 0 Å². The highest BCUT2D eigenvalue weighted by molar-refractivity contribution is 5.87. The second-order valence-corrected chi connectivity index (χ2v) is 6.57. The van der Waals surface area contributed by atoms with E-state index >= 15 is 0 Å². The summed E-state index contributed by atoms with van der Waals surface area (Å²) >= 11 is 0. The van der Waals surface area contributed by atoms with E-state index in [1.807, 2.05) is 24.3 Å². The van der Waals surface area contributed by atoms with Crippen molar-refractivity contribution in [2.75, 3.05) is 0 Å². The molecule has 2 rings (SSSR count). The van der Waals surface area contributed by atoms with Gasteiger partial charge in [-0.3, -0.25) is 14.8 Å². The zero-order chi connectivity index (χ0) is 18.2. The van der Waals surface area contributed by atoms with E-state index in [1.54, 1.807) is 10.4 Å². The van der Waals surface area contributed by atoms with E-state index in [4.69, 9.17) is 5.21 Å². The number of unbranched alkanes of at least 4 members (excludes halogenated alkanes) is 2. The average Bonchev–Trinajstić information content (AvgIpc) is 2.65. The zero-order valence-electron chi connectivity index (χ0n) is 14.6. The molecule has 2 unspecified atom stereocenters. The van der Waals surface area contributed by atoms with E-state index in [9.17, 15) is 14.4 Å².